The molecule has 0 aliphatic rings. The number of halogens is 1. The zero-order chi connectivity index (χ0) is 25.2. The molecule has 0 aliphatic carbocycles. The van der Waals surface area contributed by atoms with Gasteiger partial charge in [0.2, 0.25) is 0 Å². The van der Waals surface area contributed by atoms with Gasteiger partial charge in [0, 0.05) is 37.5 Å². The third kappa shape index (κ3) is 7.88. The zero-order valence-corrected chi connectivity index (χ0v) is 21.8. The molecule has 9 heteroatoms. The quantitative estimate of drug-likeness (QED) is 0.289. The van der Waals surface area contributed by atoms with Gasteiger partial charge in [-0.1, -0.05) is 36.4 Å². The van der Waals surface area contributed by atoms with Gasteiger partial charge in [0.15, 0.2) is 5.11 Å². The van der Waals surface area contributed by atoms with Crippen molar-refractivity contribution in [2.45, 2.75) is 6.54 Å². The number of amides is 2. The molecule has 35 heavy (non-hydrogen) atoms. The number of carbonyl (C=O) groups is 2. The van der Waals surface area contributed by atoms with E-state index in [2.05, 4.69) is 26.6 Å². The van der Waals surface area contributed by atoms with Crippen LogP contribution in [0, 0.1) is 0 Å². The minimum Gasteiger partial charge on any atom is -0.490 e. The summed E-state index contributed by atoms with van der Waals surface area (Å²) >= 11 is 8.71. The molecule has 0 fully saturated rings. The number of nitrogens with zero attached hydrogens (tertiary/aromatic N) is 1. The van der Waals surface area contributed by atoms with Crippen molar-refractivity contribution < 1.29 is 19.1 Å². The molecule has 0 heterocycles. The number of hydrogen-bond donors (Lipinski definition) is 2. The Hall–Kier alpha value is -3.27. The van der Waals surface area contributed by atoms with Gasteiger partial charge in [-0.2, -0.15) is 0 Å². The van der Waals surface area contributed by atoms with Crippen LogP contribution in [0.4, 0.5) is 5.69 Å². The van der Waals surface area contributed by atoms with Crippen LogP contribution in [0.1, 0.15) is 26.3 Å². The average molecular weight is 556 g/mol. The number of hydrogen-bond acceptors (Lipinski definition) is 5. The highest BCUT2D eigenvalue weighted by atomic mass is 79.9. The third-order valence-electron chi connectivity index (χ3n) is 4.94. The number of methoxy groups -OCH3 is 1. The first-order valence-corrected chi connectivity index (χ1v) is 12.0. The molecular weight excluding hydrogens is 530 g/mol. The predicted molar refractivity (Wildman–Crippen MR) is 144 cm³/mol. The van der Waals surface area contributed by atoms with Crippen molar-refractivity contribution in [3.63, 3.8) is 0 Å². The fourth-order valence-electron chi connectivity index (χ4n) is 3.21. The van der Waals surface area contributed by atoms with Crippen molar-refractivity contribution in [1.29, 1.82) is 0 Å². The lowest BCUT2D eigenvalue weighted by molar-refractivity contribution is 0.0785. The second-order valence-corrected chi connectivity index (χ2v) is 8.88. The van der Waals surface area contributed by atoms with Gasteiger partial charge in [0.05, 0.1) is 11.1 Å². The monoisotopic (exact) mass is 555 g/mol. The molecule has 0 unspecified atom stereocenters. The summed E-state index contributed by atoms with van der Waals surface area (Å²) in [6, 6.07) is 21.7. The maximum absolute atomic E-state index is 12.9. The second kappa shape index (κ2) is 13.0. The van der Waals surface area contributed by atoms with E-state index in [1.807, 2.05) is 30.3 Å². The van der Waals surface area contributed by atoms with E-state index >= 15 is 0 Å². The Morgan fingerprint density at radius 2 is 1.74 bits per heavy atom. The Morgan fingerprint density at radius 1 is 0.971 bits per heavy atom. The minimum atomic E-state index is -0.374. The Balaban J connectivity index is 1.58. The van der Waals surface area contributed by atoms with Gasteiger partial charge in [0.25, 0.3) is 11.8 Å². The normalized spacial score (nSPS) is 10.4. The van der Waals surface area contributed by atoms with Crippen LogP contribution in [0.5, 0.6) is 5.75 Å². The van der Waals surface area contributed by atoms with Gasteiger partial charge in [-0.25, -0.2) is 0 Å². The van der Waals surface area contributed by atoms with Crippen molar-refractivity contribution >= 4 is 50.8 Å². The van der Waals surface area contributed by atoms with Crippen LogP contribution in [0.25, 0.3) is 0 Å². The molecule has 7 nitrogen and oxygen atoms in total. The fraction of sp³-hybridized carbons (Fsp3) is 0.192. The van der Waals surface area contributed by atoms with E-state index in [1.165, 1.54) is 0 Å². The number of anilines is 1. The molecule has 182 valence electrons. The third-order valence-corrected chi connectivity index (χ3v) is 5.77. The van der Waals surface area contributed by atoms with Crippen molar-refractivity contribution in [3.05, 3.63) is 94.0 Å². The molecule has 0 aliphatic heterocycles. The van der Waals surface area contributed by atoms with Gasteiger partial charge in [-0.15, -0.1) is 0 Å². The highest BCUT2D eigenvalue weighted by Crippen LogP contribution is 2.26. The number of thiocarbonyl (C=S) groups is 1. The smallest absolute Gasteiger partial charge is 0.257 e. The SMILES string of the molecule is COCCOc1ccc(C(=O)NC(=S)Nc2cccc(C(=O)N(C)Cc3ccccc3)c2)cc1Br. The lowest BCUT2D eigenvalue weighted by atomic mass is 10.1. The summed E-state index contributed by atoms with van der Waals surface area (Å²) in [5, 5.41) is 5.74. The maximum Gasteiger partial charge on any atom is 0.257 e. The molecule has 0 radical (unpaired) electrons. The van der Waals surface area contributed by atoms with Crippen LogP contribution in [0.15, 0.2) is 77.3 Å². The maximum atomic E-state index is 12.9. The van der Waals surface area contributed by atoms with Crippen LogP contribution < -0.4 is 15.4 Å². The van der Waals surface area contributed by atoms with Crippen LogP contribution in [0.2, 0.25) is 0 Å². The molecule has 2 N–H and O–H groups in total. The first kappa shape index (κ1) is 26.3. The van der Waals surface area contributed by atoms with Crippen molar-refractivity contribution in [2.75, 3.05) is 32.7 Å². The van der Waals surface area contributed by atoms with Crippen LogP contribution in [-0.4, -0.2) is 49.2 Å². The number of benzene rings is 3. The lowest BCUT2D eigenvalue weighted by Gasteiger charge is -2.18. The number of ether oxygens (including phenoxy) is 2. The van der Waals surface area contributed by atoms with Crippen LogP contribution >= 0.6 is 28.1 Å². The first-order valence-electron chi connectivity index (χ1n) is 10.8. The van der Waals surface area contributed by atoms with Gasteiger partial charge in [0.1, 0.15) is 12.4 Å². The Labute approximate surface area is 218 Å². The molecule has 0 bridgehead atoms. The highest BCUT2D eigenvalue weighted by molar-refractivity contribution is 9.10. The molecule has 3 rings (SSSR count). The standard InChI is InChI=1S/C26H26BrN3O4S/c1-30(17-18-7-4-3-5-8-18)25(32)20-9-6-10-21(15-20)28-26(35)29-24(31)19-11-12-23(22(27)16-19)34-14-13-33-2/h3-12,15-16H,13-14,17H2,1-2H3,(H2,28,29,31,35). The van der Waals surface area contributed by atoms with E-state index in [1.54, 1.807) is 61.5 Å². The van der Waals surface area contributed by atoms with Crippen LogP contribution in [-0.2, 0) is 11.3 Å². The predicted octanol–water partition coefficient (Wildman–Crippen LogP) is 4.87. The average Bonchev–Trinajstić information content (AvgIpc) is 2.85. The summed E-state index contributed by atoms with van der Waals surface area (Å²) in [4.78, 5) is 27.1. The largest absolute Gasteiger partial charge is 0.490 e. The van der Waals surface area contributed by atoms with E-state index in [9.17, 15) is 9.59 Å². The Kier molecular flexibility index (Phi) is 9.77. The summed E-state index contributed by atoms with van der Waals surface area (Å²) in [6.07, 6.45) is 0. The zero-order valence-electron chi connectivity index (χ0n) is 19.4. The molecule has 0 atom stereocenters. The Bertz CT molecular complexity index is 1190. The number of rotatable bonds is 9. The van der Waals surface area contributed by atoms with Crippen molar-refractivity contribution in [3.8, 4) is 5.75 Å². The molecule has 2 amide bonds. The van der Waals surface area contributed by atoms with Gasteiger partial charge < -0.3 is 19.7 Å². The molecule has 3 aromatic rings. The van der Waals surface area contributed by atoms with Gasteiger partial charge in [-0.3, -0.25) is 14.9 Å². The van der Waals surface area contributed by atoms with Crippen molar-refractivity contribution in [1.82, 2.24) is 10.2 Å². The lowest BCUT2D eigenvalue weighted by Crippen LogP contribution is -2.34. The molecule has 0 saturated carbocycles. The molecule has 0 spiro atoms. The molecular formula is C26H26BrN3O4S. The van der Waals surface area contributed by atoms with Gasteiger partial charge >= 0.3 is 0 Å². The summed E-state index contributed by atoms with van der Waals surface area (Å²) in [5.41, 5.74) is 2.56. The summed E-state index contributed by atoms with van der Waals surface area (Å²) in [5.74, 6) is 0.115. The molecule has 0 aromatic heterocycles. The van der Waals surface area contributed by atoms with E-state index in [0.717, 1.165) is 5.56 Å². The Morgan fingerprint density at radius 3 is 2.46 bits per heavy atom. The van der Waals surface area contributed by atoms with E-state index in [-0.39, 0.29) is 16.9 Å². The second-order valence-electron chi connectivity index (χ2n) is 7.62. The van der Waals surface area contributed by atoms with Gasteiger partial charge in [-0.05, 0) is 70.1 Å². The van der Waals surface area contributed by atoms with Crippen LogP contribution in [0.3, 0.4) is 0 Å². The summed E-state index contributed by atoms with van der Waals surface area (Å²) in [7, 11) is 3.35. The first-order chi connectivity index (χ1) is 16.9. The van der Waals surface area contributed by atoms with Crippen molar-refractivity contribution in [2.24, 2.45) is 0 Å². The molecule has 3 aromatic carbocycles. The topological polar surface area (TPSA) is 79.9 Å². The van der Waals surface area contributed by atoms with E-state index in [0.29, 0.717) is 46.8 Å². The van der Waals surface area contributed by atoms with E-state index < -0.39 is 0 Å². The molecule has 0 saturated heterocycles. The van der Waals surface area contributed by atoms with E-state index in [4.69, 9.17) is 21.7 Å². The fourth-order valence-corrected chi connectivity index (χ4v) is 3.91. The minimum absolute atomic E-state index is 0.119. The summed E-state index contributed by atoms with van der Waals surface area (Å²) < 4.78 is 11.2. The number of nitrogens with one attached hydrogen (secondary N) is 2. The summed E-state index contributed by atoms with van der Waals surface area (Å²) in [6.45, 7) is 1.36. The highest BCUT2D eigenvalue weighted by Gasteiger charge is 2.14. The number of carbonyl (C=O) groups excluding carboxylic acids is 2.